The number of benzene rings is 1. The van der Waals surface area contributed by atoms with E-state index < -0.39 is 0 Å². The number of carbonyl (C=O) groups is 2. The lowest BCUT2D eigenvalue weighted by atomic mass is 10.0. The van der Waals surface area contributed by atoms with Crippen LogP contribution >= 0.6 is 0 Å². The standard InChI is InChI=1S/C15H20O5/c1-18-11-8-9-12(14(10-11)19-2)13(16)6-4-5-7-15(17)20-3/h8-10H,4-7H2,1-3H3. The fourth-order valence-electron chi connectivity index (χ4n) is 1.82. The quantitative estimate of drug-likeness (QED) is 0.416. The Morgan fingerprint density at radius 3 is 2.30 bits per heavy atom. The summed E-state index contributed by atoms with van der Waals surface area (Å²) in [5.41, 5.74) is 0.534. The average Bonchev–Trinajstić information content (AvgIpc) is 2.50. The summed E-state index contributed by atoms with van der Waals surface area (Å²) in [6.07, 6.45) is 1.99. The molecule has 1 aromatic carbocycles. The van der Waals surface area contributed by atoms with E-state index in [1.54, 1.807) is 25.3 Å². The van der Waals surface area contributed by atoms with E-state index in [0.717, 1.165) is 0 Å². The Bertz CT molecular complexity index is 467. The molecule has 0 atom stereocenters. The van der Waals surface area contributed by atoms with E-state index in [-0.39, 0.29) is 11.8 Å². The van der Waals surface area contributed by atoms with E-state index in [9.17, 15) is 9.59 Å². The number of rotatable bonds is 8. The van der Waals surface area contributed by atoms with Gasteiger partial charge < -0.3 is 14.2 Å². The Balaban J connectivity index is 2.57. The number of unbranched alkanes of at least 4 members (excludes halogenated alkanes) is 1. The van der Waals surface area contributed by atoms with Crippen molar-refractivity contribution in [3.05, 3.63) is 23.8 Å². The number of ether oxygens (including phenoxy) is 3. The van der Waals surface area contributed by atoms with Crippen LogP contribution in [0.25, 0.3) is 0 Å². The van der Waals surface area contributed by atoms with Crippen molar-refractivity contribution in [1.82, 2.24) is 0 Å². The van der Waals surface area contributed by atoms with Gasteiger partial charge >= 0.3 is 5.97 Å². The zero-order valence-corrected chi connectivity index (χ0v) is 12.1. The SMILES string of the molecule is COC(=O)CCCCC(=O)c1ccc(OC)cc1OC. The van der Waals surface area contributed by atoms with Crippen LogP contribution in [0.3, 0.4) is 0 Å². The number of esters is 1. The minimum atomic E-state index is -0.250. The van der Waals surface area contributed by atoms with Crippen molar-refractivity contribution in [2.45, 2.75) is 25.7 Å². The molecule has 110 valence electrons. The van der Waals surface area contributed by atoms with Crippen LogP contribution in [-0.2, 0) is 9.53 Å². The largest absolute Gasteiger partial charge is 0.497 e. The number of Topliss-reactive ketones (excluding diaryl/α,β-unsaturated/α-hetero) is 1. The van der Waals surface area contributed by atoms with E-state index in [1.165, 1.54) is 14.2 Å². The molecular weight excluding hydrogens is 260 g/mol. The Hall–Kier alpha value is -2.04. The van der Waals surface area contributed by atoms with Crippen LogP contribution in [0.1, 0.15) is 36.0 Å². The van der Waals surface area contributed by atoms with Gasteiger partial charge in [-0.25, -0.2) is 0 Å². The zero-order valence-electron chi connectivity index (χ0n) is 12.1. The summed E-state index contributed by atoms with van der Waals surface area (Å²) in [5, 5.41) is 0. The first-order valence-corrected chi connectivity index (χ1v) is 6.44. The van der Waals surface area contributed by atoms with Gasteiger partial charge in [-0.05, 0) is 25.0 Å². The minimum Gasteiger partial charge on any atom is -0.497 e. The van der Waals surface area contributed by atoms with Crippen LogP contribution in [0.15, 0.2) is 18.2 Å². The van der Waals surface area contributed by atoms with Gasteiger partial charge in [-0.15, -0.1) is 0 Å². The van der Waals surface area contributed by atoms with Crippen molar-refractivity contribution >= 4 is 11.8 Å². The maximum absolute atomic E-state index is 12.1. The lowest BCUT2D eigenvalue weighted by Crippen LogP contribution is -2.04. The third kappa shape index (κ3) is 4.57. The highest BCUT2D eigenvalue weighted by Gasteiger charge is 2.13. The van der Waals surface area contributed by atoms with Crippen LogP contribution in [0.5, 0.6) is 11.5 Å². The van der Waals surface area contributed by atoms with Crippen LogP contribution in [0, 0.1) is 0 Å². The fraction of sp³-hybridized carbons (Fsp3) is 0.467. The normalized spacial score (nSPS) is 9.95. The molecule has 0 N–H and O–H groups in total. The predicted molar refractivity (Wildman–Crippen MR) is 74.4 cm³/mol. The Labute approximate surface area is 118 Å². The summed E-state index contributed by atoms with van der Waals surface area (Å²) in [6, 6.07) is 5.10. The van der Waals surface area contributed by atoms with Crippen molar-refractivity contribution in [3.8, 4) is 11.5 Å². The number of hydrogen-bond acceptors (Lipinski definition) is 5. The van der Waals surface area contributed by atoms with Crippen molar-refractivity contribution < 1.29 is 23.8 Å². The summed E-state index contributed by atoms with van der Waals surface area (Å²) in [7, 11) is 4.43. The first-order valence-electron chi connectivity index (χ1n) is 6.44. The first-order chi connectivity index (χ1) is 9.62. The number of ketones is 1. The van der Waals surface area contributed by atoms with E-state index in [0.29, 0.717) is 42.7 Å². The summed E-state index contributed by atoms with van der Waals surface area (Å²) in [4.78, 5) is 23.1. The number of carbonyl (C=O) groups excluding carboxylic acids is 2. The number of hydrogen-bond donors (Lipinski definition) is 0. The van der Waals surface area contributed by atoms with Gasteiger partial charge in [0, 0.05) is 18.9 Å². The van der Waals surface area contributed by atoms with Crippen molar-refractivity contribution in [1.29, 1.82) is 0 Å². The van der Waals surface area contributed by atoms with Gasteiger partial charge in [0.05, 0.1) is 26.9 Å². The molecule has 0 saturated heterocycles. The molecule has 20 heavy (non-hydrogen) atoms. The van der Waals surface area contributed by atoms with Crippen molar-refractivity contribution in [3.63, 3.8) is 0 Å². The molecule has 5 nitrogen and oxygen atoms in total. The molecule has 0 aliphatic heterocycles. The van der Waals surface area contributed by atoms with Crippen LogP contribution in [0.4, 0.5) is 0 Å². The van der Waals surface area contributed by atoms with Gasteiger partial charge in [-0.1, -0.05) is 0 Å². The summed E-state index contributed by atoms with van der Waals surface area (Å²) < 4.78 is 14.8. The minimum absolute atomic E-state index is 0.00521. The third-order valence-electron chi connectivity index (χ3n) is 2.97. The predicted octanol–water partition coefficient (Wildman–Crippen LogP) is 2.62. The molecule has 0 amide bonds. The third-order valence-corrected chi connectivity index (χ3v) is 2.97. The molecule has 0 heterocycles. The molecule has 0 fully saturated rings. The molecule has 0 bridgehead atoms. The zero-order chi connectivity index (χ0) is 15.0. The smallest absolute Gasteiger partial charge is 0.305 e. The molecule has 0 spiro atoms. The Morgan fingerprint density at radius 2 is 1.70 bits per heavy atom. The average molecular weight is 280 g/mol. The lowest BCUT2D eigenvalue weighted by Gasteiger charge is -2.09. The molecule has 1 rings (SSSR count). The second-order valence-electron chi connectivity index (χ2n) is 4.27. The maximum Gasteiger partial charge on any atom is 0.305 e. The molecule has 1 aromatic rings. The van der Waals surface area contributed by atoms with Crippen molar-refractivity contribution in [2.75, 3.05) is 21.3 Å². The van der Waals surface area contributed by atoms with Crippen LogP contribution in [-0.4, -0.2) is 33.1 Å². The Kier molecular flexibility index (Phi) is 6.56. The molecule has 0 aliphatic rings. The first kappa shape index (κ1) is 16.0. The Morgan fingerprint density at radius 1 is 1.00 bits per heavy atom. The van der Waals surface area contributed by atoms with Gasteiger partial charge in [-0.3, -0.25) is 9.59 Å². The monoisotopic (exact) mass is 280 g/mol. The van der Waals surface area contributed by atoms with E-state index in [2.05, 4.69) is 4.74 Å². The van der Waals surface area contributed by atoms with Gasteiger partial charge in [0.2, 0.25) is 0 Å². The molecule has 0 aromatic heterocycles. The highest BCUT2D eigenvalue weighted by atomic mass is 16.5. The van der Waals surface area contributed by atoms with Gasteiger partial charge in [0.15, 0.2) is 5.78 Å². The van der Waals surface area contributed by atoms with Crippen molar-refractivity contribution in [2.24, 2.45) is 0 Å². The van der Waals surface area contributed by atoms with Gasteiger partial charge in [-0.2, -0.15) is 0 Å². The second kappa shape index (κ2) is 8.19. The summed E-state index contributed by atoms with van der Waals surface area (Å²) >= 11 is 0. The lowest BCUT2D eigenvalue weighted by molar-refractivity contribution is -0.140. The molecule has 0 radical (unpaired) electrons. The highest BCUT2D eigenvalue weighted by molar-refractivity contribution is 5.98. The van der Waals surface area contributed by atoms with E-state index >= 15 is 0 Å². The molecule has 5 heteroatoms. The van der Waals surface area contributed by atoms with E-state index in [1.807, 2.05) is 0 Å². The maximum atomic E-state index is 12.1. The van der Waals surface area contributed by atoms with E-state index in [4.69, 9.17) is 9.47 Å². The second-order valence-corrected chi connectivity index (χ2v) is 4.27. The molecule has 0 aliphatic carbocycles. The molecule has 0 saturated carbocycles. The van der Waals surface area contributed by atoms with Gasteiger partial charge in [0.1, 0.15) is 11.5 Å². The van der Waals surface area contributed by atoms with Gasteiger partial charge in [0.25, 0.3) is 0 Å². The summed E-state index contributed by atoms with van der Waals surface area (Å²) in [6.45, 7) is 0. The molecule has 0 unspecified atom stereocenters. The van der Waals surface area contributed by atoms with Crippen LogP contribution in [0.2, 0.25) is 0 Å². The molecular formula is C15H20O5. The van der Waals surface area contributed by atoms with Crippen LogP contribution < -0.4 is 9.47 Å². The topological polar surface area (TPSA) is 61.8 Å². The summed E-state index contributed by atoms with van der Waals surface area (Å²) in [5.74, 6) is 0.889. The fourth-order valence-corrected chi connectivity index (χ4v) is 1.82. The number of methoxy groups -OCH3 is 3. The highest BCUT2D eigenvalue weighted by Crippen LogP contribution is 2.26.